The lowest BCUT2D eigenvalue weighted by Crippen LogP contribution is -2.18. The summed E-state index contributed by atoms with van der Waals surface area (Å²) in [6, 6.07) is 10.3. The van der Waals surface area contributed by atoms with Crippen molar-refractivity contribution in [3.63, 3.8) is 0 Å². The van der Waals surface area contributed by atoms with Crippen molar-refractivity contribution in [3.05, 3.63) is 69.2 Å². The maximum atomic E-state index is 13.3. The molecule has 2 aromatic carbocycles. The van der Waals surface area contributed by atoms with Gasteiger partial charge in [0.15, 0.2) is 0 Å². The fourth-order valence-corrected chi connectivity index (χ4v) is 2.50. The summed E-state index contributed by atoms with van der Waals surface area (Å²) in [5.74, 6) is -0.287. The minimum absolute atomic E-state index is 0.0777. The highest BCUT2D eigenvalue weighted by Crippen LogP contribution is 2.34. The SMILES string of the molecule is CC(C)/C(=N\OCc1ccc(Cl)cc1)c1cc(Cl)ccc1C(F)(F)F.N=S(=O)=O. The van der Waals surface area contributed by atoms with E-state index >= 15 is 0 Å². The van der Waals surface area contributed by atoms with E-state index < -0.39 is 22.2 Å². The molecule has 158 valence electrons. The molecule has 0 bridgehead atoms. The van der Waals surface area contributed by atoms with Gasteiger partial charge in [0.25, 0.3) is 0 Å². The fourth-order valence-electron chi connectivity index (χ4n) is 2.20. The van der Waals surface area contributed by atoms with E-state index in [-0.39, 0.29) is 28.8 Å². The fraction of sp³-hybridized carbons (Fsp3) is 0.278. The van der Waals surface area contributed by atoms with Gasteiger partial charge in [-0.3, -0.25) is 0 Å². The predicted molar refractivity (Wildman–Crippen MR) is 106 cm³/mol. The second-order valence-electron chi connectivity index (χ2n) is 5.95. The van der Waals surface area contributed by atoms with E-state index in [0.29, 0.717) is 5.02 Å². The number of hydrogen-bond acceptors (Lipinski definition) is 5. The highest BCUT2D eigenvalue weighted by Gasteiger charge is 2.35. The van der Waals surface area contributed by atoms with Gasteiger partial charge in [0.05, 0.1) is 11.3 Å². The maximum absolute atomic E-state index is 13.3. The largest absolute Gasteiger partial charge is 0.417 e. The quantitative estimate of drug-likeness (QED) is 0.417. The Morgan fingerprint density at radius 3 is 2.10 bits per heavy atom. The Morgan fingerprint density at radius 1 is 1.10 bits per heavy atom. The number of hydrogen-bond donors (Lipinski definition) is 1. The van der Waals surface area contributed by atoms with Gasteiger partial charge in [0, 0.05) is 15.6 Å². The number of alkyl halides is 3. The Labute approximate surface area is 177 Å². The van der Waals surface area contributed by atoms with E-state index in [1.165, 1.54) is 12.1 Å². The van der Waals surface area contributed by atoms with Crippen LogP contribution in [0.2, 0.25) is 10.0 Å². The summed E-state index contributed by atoms with van der Waals surface area (Å²) in [6.45, 7) is 3.60. The molecular formula is C18H17Cl2F3N2O3S. The van der Waals surface area contributed by atoms with Crippen molar-refractivity contribution in [2.45, 2.75) is 26.6 Å². The Hall–Kier alpha value is -2.10. The lowest BCUT2D eigenvalue weighted by atomic mass is 9.95. The molecule has 5 nitrogen and oxygen atoms in total. The molecule has 0 atom stereocenters. The molecular weight excluding hydrogens is 452 g/mol. The molecule has 0 aliphatic carbocycles. The summed E-state index contributed by atoms with van der Waals surface area (Å²) in [5.41, 5.74) is 0.118. The van der Waals surface area contributed by atoms with Crippen molar-refractivity contribution in [1.82, 2.24) is 0 Å². The van der Waals surface area contributed by atoms with Crippen LogP contribution in [0, 0.1) is 10.7 Å². The molecule has 11 heteroatoms. The number of nitrogens with zero attached hydrogens (tertiary/aromatic N) is 1. The molecule has 2 rings (SSSR count). The summed E-state index contributed by atoms with van der Waals surface area (Å²) in [7, 11) is -2.61. The van der Waals surface area contributed by atoms with E-state index in [2.05, 4.69) is 5.16 Å². The van der Waals surface area contributed by atoms with E-state index in [0.717, 1.165) is 11.6 Å². The van der Waals surface area contributed by atoms with Crippen LogP contribution in [0.1, 0.15) is 30.5 Å². The smallest absolute Gasteiger partial charge is 0.391 e. The zero-order chi connectivity index (χ0) is 22.2. The van der Waals surface area contributed by atoms with Crippen molar-refractivity contribution in [2.24, 2.45) is 11.1 Å². The third-order valence-corrected chi connectivity index (χ3v) is 3.90. The lowest BCUT2D eigenvalue weighted by Gasteiger charge is -2.17. The third-order valence-electron chi connectivity index (χ3n) is 3.42. The Morgan fingerprint density at radius 2 is 1.62 bits per heavy atom. The van der Waals surface area contributed by atoms with E-state index in [1.807, 2.05) is 0 Å². The Balaban J connectivity index is 0.000000960. The molecule has 0 aliphatic rings. The average molecular weight is 469 g/mol. The maximum Gasteiger partial charge on any atom is 0.417 e. The number of oxime groups is 1. The van der Waals surface area contributed by atoms with Crippen LogP contribution < -0.4 is 0 Å². The van der Waals surface area contributed by atoms with Crippen LogP contribution in [0.5, 0.6) is 0 Å². The molecule has 1 N–H and O–H groups in total. The first-order valence-electron chi connectivity index (χ1n) is 8.03. The Bertz CT molecular complexity index is 955. The summed E-state index contributed by atoms with van der Waals surface area (Å²) in [6.07, 6.45) is -4.51. The molecule has 0 saturated heterocycles. The van der Waals surface area contributed by atoms with Gasteiger partial charge >= 0.3 is 16.7 Å². The summed E-state index contributed by atoms with van der Waals surface area (Å²) in [5, 5.41) is 4.74. The lowest BCUT2D eigenvalue weighted by molar-refractivity contribution is -0.137. The van der Waals surface area contributed by atoms with Crippen LogP contribution >= 0.6 is 23.2 Å². The van der Waals surface area contributed by atoms with Crippen molar-refractivity contribution in [3.8, 4) is 0 Å². The topological polar surface area (TPSA) is 79.6 Å². The van der Waals surface area contributed by atoms with Crippen LogP contribution in [0.25, 0.3) is 0 Å². The first-order chi connectivity index (χ1) is 13.4. The number of benzene rings is 2. The summed E-state index contributed by atoms with van der Waals surface area (Å²) >= 11 is 11.7. The molecule has 29 heavy (non-hydrogen) atoms. The van der Waals surface area contributed by atoms with Crippen molar-refractivity contribution in [1.29, 1.82) is 4.78 Å². The van der Waals surface area contributed by atoms with Crippen LogP contribution in [0.3, 0.4) is 0 Å². The second kappa shape index (κ2) is 11.2. The molecule has 0 spiro atoms. The van der Waals surface area contributed by atoms with Crippen LogP contribution in [0.15, 0.2) is 47.6 Å². The normalized spacial score (nSPS) is 11.7. The predicted octanol–water partition coefficient (Wildman–Crippen LogP) is 6.22. The molecule has 0 heterocycles. The summed E-state index contributed by atoms with van der Waals surface area (Å²) < 4.78 is 62.7. The molecule has 0 aromatic heterocycles. The van der Waals surface area contributed by atoms with E-state index in [9.17, 15) is 13.2 Å². The van der Waals surface area contributed by atoms with Crippen LogP contribution in [0.4, 0.5) is 13.2 Å². The highest BCUT2D eigenvalue weighted by molar-refractivity contribution is 7.60. The summed E-state index contributed by atoms with van der Waals surface area (Å²) in [4.78, 5) is 5.28. The monoisotopic (exact) mass is 468 g/mol. The number of nitrogens with one attached hydrogen (secondary N) is 1. The van der Waals surface area contributed by atoms with Gasteiger partial charge in [-0.2, -0.15) is 26.4 Å². The first-order valence-corrected chi connectivity index (χ1v) is 9.86. The minimum Gasteiger partial charge on any atom is -0.391 e. The van der Waals surface area contributed by atoms with Crippen LogP contribution in [-0.4, -0.2) is 14.1 Å². The molecule has 0 fully saturated rings. The first kappa shape index (κ1) is 24.9. The van der Waals surface area contributed by atoms with E-state index in [1.54, 1.807) is 38.1 Å². The van der Waals surface area contributed by atoms with Gasteiger partial charge in [0.1, 0.15) is 6.61 Å². The number of halogens is 5. The highest BCUT2D eigenvalue weighted by atomic mass is 35.5. The standard InChI is InChI=1S/C18H16Cl2F3NO.HNO2S/c1-11(2)17(24-25-10-12-3-5-13(19)6-4-12)15-9-14(20)7-8-16(15)18(21,22)23;1-4(2)3/h3-9,11H,10H2,1-2H3;1H/b24-17+;. The van der Waals surface area contributed by atoms with Gasteiger partial charge in [-0.1, -0.05) is 54.3 Å². The zero-order valence-electron chi connectivity index (χ0n) is 15.3. The molecule has 2 aromatic rings. The second-order valence-corrected chi connectivity index (χ2v) is 7.30. The molecule has 0 amide bonds. The average Bonchev–Trinajstić information content (AvgIpc) is 2.58. The minimum atomic E-state index is -4.51. The third kappa shape index (κ3) is 8.84. The molecule has 0 unspecified atom stereocenters. The van der Waals surface area contributed by atoms with Crippen molar-refractivity contribution < 1.29 is 26.4 Å². The molecule has 0 saturated carbocycles. The Kier molecular flexibility index (Phi) is 9.61. The van der Waals surface area contributed by atoms with Gasteiger partial charge in [-0.25, -0.2) is 0 Å². The number of rotatable bonds is 5. The van der Waals surface area contributed by atoms with Crippen molar-refractivity contribution in [2.75, 3.05) is 0 Å². The van der Waals surface area contributed by atoms with Crippen LogP contribution in [-0.2, 0) is 28.1 Å². The van der Waals surface area contributed by atoms with Gasteiger partial charge in [0.2, 0.25) is 0 Å². The van der Waals surface area contributed by atoms with Gasteiger partial charge < -0.3 is 4.84 Å². The zero-order valence-corrected chi connectivity index (χ0v) is 17.6. The van der Waals surface area contributed by atoms with Gasteiger partial charge in [-0.15, -0.1) is 0 Å². The van der Waals surface area contributed by atoms with E-state index in [4.69, 9.17) is 41.2 Å². The van der Waals surface area contributed by atoms with Crippen molar-refractivity contribution >= 4 is 39.4 Å². The molecule has 0 radical (unpaired) electrons. The van der Waals surface area contributed by atoms with Gasteiger partial charge in [-0.05, 0) is 41.8 Å². The molecule has 0 aliphatic heterocycles.